The Morgan fingerprint density at radius 3 is 2.40 bits per heavy atom. The molecule has 9 heteroatoms. The predicted octanol–water partition coefficient (Wildman–Crippen LogP) is 1.52. The number of furan rings is 1. The first-order valence-electron chi connectivity index (χ1n) is 10.3. The minimum atomic E-state index is -3.67. The lowest BCUT2D eigenvalue weighted by Gasteiger charge is -2.33. The van der Waals surface area contributed by atoms with E-state index in [1.54, 1.807) is 12.1 Å². The zero-order valence-electron chi connectivity index (χ0n) is 17.3. The van der Waals surface area contributed by atoms with Crippen molar-refractivity contribution in [3.05, 3.63) is 54.0 Å². The van der Waals surface area contributed by atoms with E-state index in [0.717, 1.165) is 45.7 Å². The van der Waals surface area contributed by atoms with Crippen LogP contribution in [-0.2, 0) is 16.6 Å². The molecule has 1 amide bonds. The maximum absolute atomic E-state index is 12.3. The lowest BCUT2D eigenvalue weighted by Crippen LogP contribution is -2.46. The molecule has 1 aliphatic rings. The van der Waals surface area contributed by atoms with E-state index in [2.05, 4.69) is 26.8 Å². The fourth-order valence-electron chi connectivity index (χ4n) is 3.38. The molecule has 0 radical (unpaired) electrons. The van der Waals surface area contributed by atoms with Crippen LogP contribution >= 0.6 is 0 Å². The smallest absolute Gasteiger partial charge is 0.251 e. The highest BCUT2D eigenvalue weighted by Gasteiger charge is 2.16. The zero-order valence-corrected chi connectivity index (χ0v) is 18.2. The van der Waals surface area contributed by atoms with Crippen LogP contribution in [0, 0.1) is 0 Å². The number of hydrogen-bond donors (Lipinski definition) is 2. The third-order valence-corrected chi connectivity index (χ3v) is 6.71. The quantitative estimate of drug-likeness (QED) is 0.551. The number of nitrogens with one attached hydrogen (secondary N) is 2. The van der Waals surface area contributed by atoms with Crippen LogP contribution in [0.15, 0.2) is 52.0 Å². The number of carbonyl (C=O) groups excluding carboxylic acids is 1. The second-order valence-electron chi connectivity index (χ2n) is 7.31. The Labute approximate surface area is 178 Å². The van der Waals surface area contributed by atoms with E-state index >= 15 is 0 Å². The summed E-state index contributed by atoms with van der Waals surface area (Å²) in [5.41, 5.74) is 0.441. The van der Waals surface area contributed by atoms with E-state index in [0.29, 0.717) is 17.9 Å². The third kappa shape index (κ3) is 6.40. The molecule has 30 heavy (non-hydrogen) atoms. The van der Waals surface area contributed by atoms with Crippen molar-refractivity contribution in [1.29, 1.82) is 0 Å². The van der Waals surface area contributed by atoms with E-state index in [1.807, 2.05) is 0 Å². The van der Waals surface area contributed by atoms with E-state index in [1.165, 1.54) is 30.5 Å². The number of nitrogens with zero attached hydrogens (tertiary/aromatic N) is 2. The molecule has 3 rings (SSSR count). The molecule has 0 unspecified atom stereocenters. The topological polar surface area (TPSA) is 94.9 Å². The van der Waals surface area contributed by atoms with Crippen LogP contribution in [0.4, 0.5) is 0 Å². The molecule has 1 saturated heterocycles. The number of rotatable bonds is 10. The van der Waals surface area contributed by atoms with Crippen molar-refractivity contribution in [2.24, 2.45) is 0 Å². The van der Waals surface area contributed by atoms with Gasteiger partial charge in [0, 0.05) is 38.3 Å². The molecular weight excluding hydrogens is 404 g/mol. The number of hydrogen-bond acceptors (Lipinski definition) is 6. The summed E-state index contributed by atoms with van der Waals surface area (Å²) in [5.74, 6) is 0.333. The highest BCUT2D eigenvalue weighted by atomic mass is 32.2. The highest BCUT2D eigenvalue weighted by molar-refractivity contribution is 7.89. The summed E-state index contributed by atoms with van der Waals surface area (Å²) in [6.07, 6.45) is 2.38. The van der Waals surface area contributed by atoms with Crippen LogP contribution in [-0.4, -0.2) is 69.9 Å². The van der Waals surface area contributed by atoms with Crippen molar-refractivity contribution in [1.82, 2.24) is 19.8 Å². The van der Waals surface area contributed by atoms with Crippen molar-refractivity contribution in [2.75, 3.05) is 45.8 Å². The van der Waals surface area contributed by atoms with Crippen LogP contribution in [0.2, 0.25) is 0 Å². The van der Waals surface area contributed by atoms with Crippen molar-refractivity contribution in [3.63, 3.8) is 0 Å². The number of benzene rings is 1. The standard InChI is InChI=1S/C21H30N4O4S/c1-2-24-12-14-25(15-13-24)11-4-10-22-21(26)18-6-8-20(9-7-18)30(27,28)23-17-19-5-3-16-29-19/h3,5-9,16,23H,2,4,10-15,17H2,1H3,(H,22,26). The largest absolute Gasteiger partial charge is 0.468 e. The first-order chi connectivity index (χ1) is 14.5. The average molecular weight is 435 g/mol. The highest BCUT2D eigenvalue weighted by Crippen LogP contribution is 2.12. The molecule has 1 aromatic carbocycles. The summed E-state index contributed by atoms with van der Waals surface area (Å²) in [7, 11) is -3.67. The first-order valence-corrected chi connectivity index (χ1v) is 11.8. The summed E-state index contributed by atoms with van der Waals surface area (Å²) >= 11 is 0. The molecular formula is C21H30N4O4S. The van der Waals surface area contributed by atoms with Gasteiger partial charge in [0.1, 0.15) is 5.76 Å². The fourth-order valence-corrected chi connectivity index (χ4v) is 4.38. The van der Waals surface area contributed by atoms with Gasteiger partial charge in [0.05, 0.1) is 17.7 Å². The van der Waals surface area contributed by atoms with E-state index in [9.17, 15) is 13.2 Å². The molecule has 2 heterocycles. The molecule has 1 aromatic heterocycles. The summed E-state index contributed by atoms with van der Waals surface area (Å²) in [5, 5.41) is 2.91. The lowest BCUT2D eigenvalue weighted by atomic mass is 10.2. The van der Waals surface area contributed by atoms with Crippen LogP contribution < -0.4 is 10.0 Å². The second-order valence-corrected chi connectivity index (χ2v) is 9.08. The van der Waals surface area contributed by atoms with Crippen molar-refractivity contribution in [2.45, 2.75) is 24.8 Å². The van der Waals surface area contributed by atoms with Crippen LogP contribution in [0.3, 0.4) is 0 Å². The average Bonchev–Trinajstić information content (AvgIpc) is 3.29. The normalized spacial score (nSPS) is 15.9. The molecule has 1 aliphatic heterocycles. The van der Waals surface area contributed by atoms with Gasteiger partial charge in [0.2, 0.25) is 10.0 Å². The SMILES string of the molecule is CCN1CCN(CCCNC(=O)c2ccc(S(=O)(=O)NCc3ccco3)cc2)CC1. The van der Waals surface area contributed by atoms with Gasteiger partial charge in [0.25, 0.3) is 5.91 Å². The van der Waals surface area contributed by atoms with Gasteiger partial charge in [-0.25, -0.2) is 13.1 Å². The van der Waals surface area contributed by atoms with Gasteiger partial charge in [-0.15, -0.1) is 0 Å². The number of likely N-dealkylation sites (N-methyl/N-ethyl adjacent to an activating group) is 1. The second kappa shape index (κ2) is 10.7. The van der Waals surface area contributed by atoms with Crippen molar-refractivity contribution in [3.8, 4) is 0 Å². The number of piperazine rings is 1. The van der Waals surface area contributed by atoms with E-state index < -0.39 is 10.0 Å². The van der Waals surface area contributed by atoms with E-state index in [4.69, 9.17) is 4.42 Å². The van der Waals surface area contributed by atoms with Gasteiger partial charge in [-0.3, -0.25) is 4.79 Å². The zero-order chi connectivity index (χ0) is 21.4. The van der Waals surface area contributed by atoms with Gasteiger partial charge in [0.15, 0.2) is 0 Å². The maximum atomic E-state index is 12.3. The summed E-state index contributed by atoms with van der Waals surface area (Å²) < 4.78 is 32.3. The van der Waals surface area contributed by atoms with Crippen LogP contribution in [0.1, 0.15) is 29.5 Å². The van der Waals surface area contributed by atoms with Gasteiger partial charge < -0.3 is 19.5 Å². The van der Waals surface area contributed by atoms with Crippen molar-refractivity contribution >= 4 is 15.9 Å². The minimum Gasteiger partial charge on any atom is -0.468 e. The summed E-state index contributed by atoms with van der Waals surface area (Å²) in [6.45, 7) is 9.29. The summed E-state index contributed by atoms with van der Waals surface area (Å²) in [4.78, 5) is 17.3. The Bertz CT molecular complexity index is 890. The Morgan fingerprint density at radius 2 is 1.77 bits per heavy atom. The maximum Gasteiger partial charge on any atom is 0.251 e. The van der Waals surface area contributed by atoms with Gasteiger partial charge in [-0.05, 0) is 55.9 Å². The number of sulfonamides is 1. The molecule has 0 aliphatic carbocycles. The first kappa shape index (κ1) is 22.5. The molecule has 164 valence electrons. The molecule has 0 saturated carbocycles. The Morgan fingerprint density at radius 1 is 1.07 bits per heavy atom. The molecule has 0 atom stereocenters. The van der Waals surface area contributed by atoms with Crippen LogP contribution in [0.25, 0.3) is 0 Å². The Balaban J connectivity index is 1.41. The Hall–Kier alpha value is -2.20. The van der Waals surface area contributed by atoms with Crippen molar-refractivity contribution < 1.29 is 17.6 Å². The monoisotopic (exact) mass is 434 g/mol. The summed E-state index contributed by atoms with van der Waals surface area (Å²) in [6, 6.07) is 9.32. The lowest BCUT2D eigenvalue weighted by molar-refractivity contribution is 0.0948. The Kier molecular flexibility index (Phi) is 8.03. The molecule has 2 N–H and O–H groups in total. The van der Waals surface area contributed by atoms with E-state index in [-0.39, 0.29) is 17.3 Å². The predicted molar refractivity (Wildman–Crippen MR) is 115 cm³/mol. The molecule has 0 spiro atoms. The van der Waals surface area contributed by atoms with Crippen LogP contribution in [0.5, 0.6) is 0 Å². The van der Waals surface area contributed by atoms with Gasteiger partial charge in [-0.1, -0.05) is 6.92 Å². The molecule has 1 fully saturated rings. The van der Waals surface area contributed by atoms with Gasteiger partial charge >= 0.3 is 0 Å². The molecule has 8 nitrogen and oxygen atoms in total. The minimum absolute atomic E-state index is 0.0745. The molecule has 2 aromatic rings. The number of amides is 1. The fraction of sp³-hybridized carbons (Fsp3) is 0.476. The van der Waals surface area contributed by atoms with Gasteiger partial charge in [-0.2, -0.15) is 0 Å². The number of carbonyl (C=O) groups is 1. The molecule has 0 bridgehead atoms. The third-order valence-electron chi connectivity index (χ3n) is 5.29.